The van der Waals surface area contributed by atoms with Crippen LogP contribution in [0.25, 0.3) is 0 Å². The average Bonchev–Trinajstić information content (AvgIpc) is 3.16. The third-order valence-corrected chi connectivity index (χ3v) is 7.83. The van der Waals surface area contributed by atoms with Gasteiger partial charge in [0.2, 0.25) is 0 Å². The minimum absolute atomic E-state index is 0.0356. The van der Waals surface area contributed by atoms with Crippen molar-refractivity contribution in [2.24, 2.45) is 11.1 Å². The van der Waals surface area contributed by atoms with Crippen LogP contribution in [0.1, 0.15) is 44.4 Å². The molecule has 1 atom stereocenters. The summed E-state index contributed by atoms with van der Waals surface area (Å²) in [5, 5.41) is 12.0. The zero-order valence-electron chi connectivity index (χ0n) is 18.0. The van der Waals surface area contributed by atoms with Crippen LogP contribution in [0.3, 0.4) is 0 Å². The van der Waals surface area contributed by atoms with Crippen LogP contribution >= 0.6 is 23.1 Å². The van der Waals surface area contributed by atoms with Crippen LogP contribution in [-0.4, -0.2) is 11.5 Å². The SMILES string of the molecule is CCSc1ccsc1C1C(C#N)=C(N)N(c2c(F)cccc2F)C2=C1C(=O)CC(C)(C)C2. The molecule has 2 aliphatic rings. The van der Waals surface area contributed by atoms with E-state index in [1.54, 1.807) is 11.8 Å². The van der Waals surface area contributed by atoms with Crippen molar-refractivity contribution in [3.8, 4) is 6.07 Å². The number of carbonyl (C=O) groups excluding carboxylic acids is 1. The lowest BCUT2D eigenvalue weighted by Crippen LogP contribution is -2.42. The zero-order valence-corrected chi connectivity index (χ0v) is 19.7. The highest BCUT2D eigenvalue weighted by molar-refractivity contribution is 7.99. The molecule has 1 aromatic carbocycles. The second-order valence-corrected chi connectivity index (χ2v) is 10.9. The predicted molar refractivity (Wildman–Crippen MR) is 124 cm³/mol. The number of thiophene rings is 1. The van der Waals surface area contributed by atoms with Gasteiger partial charge in [-0.2, -0.15) is 5.26 Å². The Kier molecular flexibility index (Phi) is 5.91. The standard InChI is InChI=1S/C24H23F2N3OS2/c1-4-31-18-8-9-32-22(18)19-13(12-27)23(28)29(21-14(25)6-5-7-15(21)26)16-10-24(2,3)11-17(30)20(16)19/h5-9,19H,4,10-11,28H2,1-3H3. The average molecular weight is 472 g/mol. The summed E-state index contributed by atoms with van der Waals surface area (Å²) < 4.78 is 29.7. The van der Waals surface area contributed by atoms with Gasteiger partial charge in [0.05, 0.1) is 17.6 Å². The van der Waals surface area contributed by atoms with Crippen molar-refractivity contribution in [1.29, 1.82) is 5.26 Å². The lowest BCUT2D eigenvalue weighted by atomic mass is 9.69. The van der Waals surface area contributed by atoms with E-state index in [1.165, 1.54) is 22.3 Å². The van der Waals surface area contributed by atoms with E-state index in [0.717, 1.165) is 27.7 Å². The van der Waals surface area contributed by atoms with Gasteiger partial charge in [-0.15, -0.1) is 23.1 Å². The van der Waals surface area contributed by atoms with Crippen LogP contribution in [0, 0.1) is 28.4 Å². The van der Waals surface area contributed by atoms with Crippen LogP contribution in [0.4, 0.5) is 14.5 Å². The second kappa shape index (κ2) is 8.38. The van der Waals surface area contributed by atoms with E-state index < -0.39 is 23.0 Å². The Morgan fingerprint density at radius 3 is 2.59 bits per heavy atom. The Hall–Kier alpha value is -2.63. The fourth-order valence-electron chi connectivity index (χ4n) is 4.52. The third-order valence-electron chi connectivity index (χ3n) is 5.76. The minimum Gasteiger partial charge on any atom is -0.384 e. The molecular weight excluding hydrogens is 448 g/mol. The molecule has 0 saturated carbocycles. The molecule has 8 heteroatoms. The maximum Gasteiger partial charge on any atom is 0.162 e. The molecule has 1 aliphatic carbocycles. The van der Waals surface area contributed by atoms with Crippen molar-refractivity contribution in [3.63, 3.8) is 0 Å². The Balaban J connectivity index is 2.04. The quantitative estimate of drug-likeness (QED) is 0.547. The second-order valence-electron chi connectivity index (χ2n) is 8.63. The summed E-state index contributed by atoms with van der Waals surface area (Å²) in [5.74, 6) is -1.57. The van der Waals surface area contributed by atoms with E-state index in [9.17, 15) is 18.8 Å². The van der Waals surface area contributed by atoms with Gasteiger partial charge in [-0.25, -0.2) is 8.78 Å². The number of carbonyl (C=O) groups is 1. The molecule has 4 rings (SSSR count). The number of anilines is 1. The first-order valence-electron chi connectivity index (χ1n) is 10.3. The zero-order chi connectivity index (χ0) is 23.2. The molecule has 0 saturated heterocycles. The van der Waals surface area contributed by atoms with Crippen molar-refractivity contribution >= 4 is 34.6 Å². The number of benzene rings is 1. The summed E-state index contributed by atoms with van der Waals surface area (Å²) in [6, 6.07) is 7.70. The number of nitrogens with zero attached hydrogens (tertiary/aromatic N) is 2. The monoisotopic (exact) mass is 471 g/mol. The molecule has 0 bridgehead atoms. The summed E-state index contributed by atoms with van der Waals surface area (Å²) in [7, 11) is 0. The Labute approximate surface area is 194 Å². The van der Waals surface area contributed by atoms with Crippen molar-refractivity contribution in [2.45, 2.75) is 44.4 Å². The maximum atomic E-state index is 14.9. The van der Waals surface area contributed by atoms with Crippen LogP contribution in [0.2, 0.25) is 0 Å². The first kappa shape index (κ1) is 22.6. The van der Waals surface area contributed by atoms with Crippen molar-refractivity contribution < 1.29 is 13.6 Å². The van der Waals surface area contributed by atoms with E-state index in [1.807, 2.05) is 32.2 Å². The van der Waals surface area contributed by atoms with E-state index >= 15 is 0 Å². The number of allylic oxidation sites excluding steroid dienone is 3. The summed E-state index contributed by atoms with van der Waals surface area (Å²) in [4.78, 5) is 16.6. The van der Waals surface area contributed by atoms with Gasteiger partial charge in [0, 0.05) is 27.5 Å². The summed E-state index contributed by atoms with van der Waals surface area (Å²) in [5.41, 5.74) is 6.72. The minimum atomic E-state index is -0.801. The molecular formula is C24H23F2N3OS2. The van der Waals surface area contributed by atoms with Gasteiger partial charge >= 0.3 is 0 Å². The number of thioether (sulfide) groups is 1. The predicted octanol–water partition coefficient (Wildman–Crippen LogP) is 6.08. The van der Waals surface area contributed by atoms with Crippen molar-refractivity contribution in [2.75, 3.05) is 10.7 Å². The molecule has 4 nitrogen and oxygen atoms in total. The van der Waals surface area contributed by atoms with Gasteiger partial charge in [-0.05, 0) is 41.2 Å². The van der Waals surface area contributed by atoms with Gasteiger partial charge < -0.3 is 5.73 Å². The van der Waals surface area contributed by atoms with E-state index in [4.69, 9.17) is 5.73 Å². The van der Waals surface area contributed by atoms with Gasteiger partial charge in [-0.3, -0.25) is 9.69 Å². The van der Waals surface area contributed by atoms with Crippen molar-refractivity contribution in [1.82, 2.24) is 0 Å². The molecule has 0 spiro atoms. The van der Waals surface area contributed by atoms with Gasteiger partial charge in [-0.1, -0.05) is 26.8 Å². The Bertz CT molecular complexity index is 1190. The summed E-state index contributed by atoms with van der Waals surface area (Å²) >= 11 is 3.09. The molecule has 166 valence electrons. The highest BCUT2D eigenvalue weighted by atomic mass is 32.2. The molecule has 0 amide bonds. The normalized spacial score (nSPS) is 20.4. The molecule has 2 aromatic rings. The fraction of sp³-hybridized carbons (Fsp3) is 0.333. The van der Waals surface area contributed by atoms with Crippen molar-refractivity contribution in [3.05, 3.63) is 68.8 Å². The number of halogens is 2. The van der Waals surface area contributed by atoms with Crippen LogP contribution in [0.5, 0.6) is 0 Å². The van der Waals surface area contributed by atoms with E-state index in [2.05, 4.69) is 6.07 Å². The fourth-order valence-corrected chi connectivity index (χ4v) is 6.57. The van der Waals surface area contributed by atoms with Crippen LogP contribution in [-0.2, 0) is 4.79 Å². The van der Waals surface area contributed by atoms with Gasteiger partial charge in [0.15, 0.2) is 5.78 Å². The first-order valence-corrected chi connectivity index (χ1v) is 12.2. The molecule has 32 heavy (non-hydrogen) atoms. The molecule has 0 radical (unpaired) electrons. The largest absolute Gasteiger partial charge is 0.384 e. The topological polar surface area (TPSA) is 70.1 Å². The Morgan fingerprint density at radius 1 is 1.28 bits per heavy atom. The Morgan fingerprint density at radius 2 is 1.97 bits per heavy atom. The van der Waals surface area contributed by atoms with Gasteiger partial charge in [0.1, 0.15) is 23.1 Å². The number of hydrogen-bond donors (Lipinski definition) is 1. The molecule has 2 heterocycles. The summed E-state index contributed by atoms with van der Waals surface area (Å²) in [6.07, 6.45) is 0.690. The molecule has 1 aromatic heterocycles. The number of nitriles is 1. The smallest absolute Gasteiger partial charge is 0.162 e. The third kappa shape index (κ3) is 3.63. The number of rotatable bonds is 4. The lowest BCUT2D eigenvalue weighted by molar-refractivity contribution is -0.118. The maximum absolute atomic E-state index is 14.9. The lowest BCUT2D eigenvalue weighted by Gasteiger charge is -2.43. The number of hydrogen-bond acceptors (Lipinski definition) is 6. The van der Waals surface area contributed by atoms with E-state index in [0.29, 0.717) is 17.7 Å². The van der Waals surface area contributed by atoms with Crippen LogP contribution < -0.4 is 10.6 Å². The highest BCUT2D eigenvalue weighted by Crippen LogP contribution is 2.52. The number of para-hydroxylation sites is 1. The summed E-state index contributed by atoms with van der Waals surface area (Å²) in [6.45, 7) is 5.93. The van der Waals surface area contributed by atoms with E-state index in [-0.39, 0.29) is 29.3 Å². The van der Waals surface area contributed by atoms with Crippen LogP contribution in [0.15, 0.2) is 57.2 Å². The number of ketones is 1. The highest BCUT2D eigenvalue weighted by Gasteiger charge is 2.46. The molecule has 1 aliphatic heterocycles. The molecule has 0 fully saturated rings. The number of Topliss-reactive ketones (excluding diaryl/α,β-unsaturated/α-hetero) is 1. The van der Waals surface area contributed by atoms with Gasteiger partial charge in [0.25, 0.3) is 0 Å². The first-order chi connectivity index (χ1) is 15.2. The molecule has 2 N–H and O–H groups in total. The molecule has 1 unspecified atom stereocenters. The number of nitrogens with two attached hydrogens (primary N) is 1.